The monoisotopic (exact) mass is 229 g/mol. The van der Waals surface area contributed by atoms with Gasteiger partial charge in [0.15, 0.2) is 0 Å². The topological polar surface area (TPSA) is 29.9 Å². The lowest BCUT2D eigenvalue weighted by Gasteiger charge is -2.10. The van der Waals surface area contributed by atoms with Crippen molar-refractivity contribution in [3.8, 4) is 0 Å². The van der Waals surface area contributed by atoms with E-state index in [0.29, 0.717) is 0 Å². The Kier molecular flexibility index (Phi) is 3.94. The lowest BCUT2D eigenvalue weighted by Crippen LogP contribution is -2.16. The minimum Gasteiger partial charge on any atom is -0.329 e. The van der Waals surface area contributed by atoms with Crippen molar-refractivity contribution in [2.45, 2.75) is 26.9 Å². The van der Waals surface area contributed by atoms with Crippen molar-refractivity contribution >= 4 is 0 Å². The van der Waals surface area contributed by atoms with Crippen molar-refractivity contribution in [1.82, 2.24) is 14.9 Å². The summed E-state index contributed by atoms with van der Waals surface area (Å²) in [6, 6.07) is 8.48. The molecule has 90 valence electrons. The summed E-state index contributed by atoms with van der Waals surface area (Å²) in [5, 5.41) is 3.31. The van der Waals surface area contributed by atoms with Gasteiger partial charge in [-0.25, -0.2) is 4.98 Å². The Balaban J connectivity index is 2.13. The van der Waals surface area contributed by atoms with Crippen LogP contribution in [-0.2, 0) is 13.1 Å². The van der Waals surface area contributed by atoms with Gasteiger partial charge in [0.05, 0.1) is 6.54 Å². The lowest BCUT2D eigenvalue weighted by atomic mass is 10.1. The van der Waals surface area contributed by atoms with Crippen LogP contribution in [0.5, 0.6) is 0 Å². The maximum atomic E-state index is 4.38. The first kappa shape index (κ1) is 11.9. The van der Waals surface area contributed by atoms with Gasteiger partial charge in [-0.1, -0.05) is 31.2 Å². The van der Waals surface area contributed by atoms with Gasteiger partial charge in [-0.05, 0) is 24.6 Å². The second kappa shape index (κ2) is 5.64. The Morgan fingerprint density at radius 3 is 2.88 bits per heavy atom. The molecular weight excluding hydrogens is 210 g/mol. The van der Waals surface area contributed by atoms with Crippen LogP contribution in [0.1, 0.15) is 23.9 Å². The predicted octanol–water partition coefficient (Wildman–Crippen LogP) is 2.35. The second-order valence-electron chi connectivity index (χ2n) is 4.18. The van der Waals surface area contributed by atoms with Gasteiger partial charge in [0.2, 0.25) is 0 Å². The van der Waals surface area contributed by atoms with Gasteiger partial charge in [0.1, 0.15) is 5.82 Å². The van der Waals surface area contributed by atoms with Crippen molar-refractivity contribution in [2.75, 3.05) is 6.54 Å². The zero-order valence-corrected chi connectivity index (χ0v) is 10.5. The molecule has 0 aliphatic heterocycles. The van der Waals surface area contributed by atoms with E-state index in [9.17, 15) is 0 Å². The van der Waals surface area contributed by atoms with Gasteiger partial charge in [-0.3, -0.25) is 0 Å². The standard InChI is InChI=1S/C14H19N3/c1-3-15-10-14-16-8-9-17(14)11-13-7-5-4-6-12(13)2/h4-9,15H,3,10-11H2,1-2H3. The second-order valence-corrected chi connectivity index (χ2v) is 4.18. The van der Waals surface area contributed by atoms with Crippen LogP contribution in [-0.4, -0.2) is 16.1 Å². The highest BCUT2D eigenvalue weighted by atomic mass is 15.1. The molecule has 1 heterocycles. The molecule has 0 radical (unpaired) electrons. The van der Waals surface area contributed by atoms with E-state index in [4.69, 9.17) is 0 Å². The normalized spacial score (nSPS) is 10.7. The Labute approximate surface area is 103 Å². The molecule has 3 nitrogen and oxygen atoms in total. The third kappa shape index (κ3) is 2.94. The predicted molar refractivity (Wildman–Crippen MR) is 69.9 cm³/mol. The van der Waals surface area contributed by atoms with Crippen molar-refractivity contribution in [3.05, 3.63) is 53.6 Å². The van der Waals surface area contributed by atoms with Crippen molar-refractivity contribution in [3.63, 3.8) is 0 Å². The lowest BCUT2D eigenvalue weighted by molar-refractivity contribution is 0.638. The summed E-state index contributed by atoms with van der Waals surface area (Å²) in [7, 11) is 0. The van der Waals surface area contributed by atoms with Gasteiger partial charge in [-0.2, -0.15) is 0 Å². The fourth-order valence-electron chi connectivity index (χ4n) is 1.86. The highest BCUT2D eigenvalue weighted by Crippen LogP contribution is 2.10. The van der Waals surface area contributed by atoms with E-state index in [2.05, 4.69) is 53.0 Å². The Hall–Kier alpha value is -1.61. The van der Waals surface area contributed by atoms with Crippen LogP contribution < -0.4 is 5.32 Å². The molecule has 0 atom stereocenters. The molecule has 0 saturated carbocycles. The smallest absolute Gasteiger partial charge is 0.122 e. The number of nitrogens with zero attached hydrogens (tertiary/aromatic N) is 2. The third-order valence-electron chi connectivity index (χ3n) is 2.94. The van der Waals surface area contributed by atoms with Crippen LogP contribution in [0.3, 0.4) is 0 Å². The number of imidazole rings is 1. The summed E-state index contributed by atoms with van der Waals surface area (Å²) in [6.07, 6.45) is 3.91. The van der Waals surface area contributed by atoms with Crippen LogP contribution in [0.4, 0.5) is 0 Å². The first-order valence-electron chi connectivity index (χ1n) is 6.06. The summed E-state index contributed by atoms with van der Waals surface area (Å²) in [5.74, 6) is 1.09. The highest BCUT2D eigenvalue weighted by molar-refractivity contribution is 5.26. The van der Waals surface area contributed by atoms with Gasteiger partial charge in [0.25, 0.3) is 0 Å². The SMILES string of the molecule is CCNCc1nccn1Cc1ccccc1C. The molecule has 0 bridgehead atoms. The van der Waals surface area contributed by atoms with Crippen LogP contribution >= 0.6 is 0 Å². The molecule has 3 heteroatoms. The highest BCUT2D eigenvalue weighted by Gasteiger charge is 2.04. The molecule has 1 aromatic heterocycles. The molecule has 1 aromatic carbocycles. The van der Waals surface area contributed by atoms with Crippen LogP contribution in [0.25, 0.3) is 0 Å². The summed E-state index contributed by atoms with van der Waals surface area (Å²) in [5.41, 5.74) is 2.68. The maximum Gasteiger partial charge on any atom is 0.122 e. The number of rotatable bonds is 5. The summed E-state index contributed by atoms with van der Waals surface area (Å²) >= 11 is 0. The quantitative estimate of drug-likeness (QED) is 0.853. The van der Waals surface area contributed by atoms with E-state index in [1.54, 1.807) is 0 Å². The van der Waals surface area contributed by atoms with E-state index in [1.165, 1.54) is 11.1 Å². The molecular formula is C14H19N3. The molecule has 0 unspecified atom stereocenters. The first-order chi connectivity index (χ1) is 8.31. The van der Waals surface area contributed by atoms with Crippen molar-refractivity contribution in [1.29, 1.82) is 0 Å². The summed E-state index contributed by atoms with van der Waals surface area (Å²) in [4.78, 5) is 4.38. The minimum absolute atomic E-state index is 0.829. The molecule has 0 spiro atoms. The molecule has 0 aliphatic rings. The largest absolute Gasteiger partial charge is 0.329 e. The maximum absolute atomic E-state index is 4.38. The van der Waals surface area contributed by atoms with E-state index in [1.807, 2.05) is 12.4 Å². The average molecular weight is 229 g/mol. The molecule has 1 N–H and O–H groups in total. The van der Waals surface area contributed by atoms with Crippen LogP contribution in [0.2, 0.25) is 0 Å². The molecule has 2 rings (SSSR count). The number of hydrogen-bond donors (Lipinski definition) is 1. The molecule has 0 saturated heterocycles. The summed E-state index contributed by atoms with van der Waals surface area (Å²) in [6.45, 7) is 6.95. The fraction of sp³-hybridized carbons (Fsp3) is 0.357. The fourth-order valence-corrected chi connectivity index (χ4v) is 1.86. The average Bonchev–Trinajstić information content (AvgIpc) is 2.77. The van der Waals surface area contributed by atoms with Gasteiger partial charge in [0, 0.05) is 18.9 Å². The Bertz CT molecular complexity index is 474. The third-order valence-corrected chi connectivity index (χ3v) is 2.94. The first-order valence-corrected chi connectivity index (χ1v) is 6.06. The van der Waals surface area contributed by atoms with Gasteiger partial charge in [-0.15, -0.1) is 0 Å². The number of nitrogens with one attached hydrogen (secondary N) is 1. The number of aryl methyl sites for hydroxylation is 1. The van der Waals surface area contributed by atoms with Gasteiger partial charge < -0.3 is 9.88 Å². The van der Waals surface area contributed by atoms with E-state index in [0.717, 1.165) is 25.5 Å². The van der Waals surface area contributed by atoms with E-state index in [-0.39, 0.29) is 0 Å². The van der Waals surface area contributed by atoms with Crippen LogP contribution in [0.15, 0.2) is 36.7 Å². The zero-order chi connectivity index (χ0) is 12.1. The van der Waals surface area contributed by atoms with E-state index < -0.39 is 0 Å². The number of aromatic nitrogens is 2. The van der Waals surface area contributed by atoms with Crippen molar-refractivity contribution < 1.29 is 0 Å². The number of benzene rings is 1. The molecule has 2 aromatic rings. The van der Waals surface area contributed by atoms with Crippen LogP contribution in [0, 0.1) is 6.92 Å². The molecule has 0 fully saturated rings. The number of hydrogen-bond acceptors (Lipinski definition) is 2. The van der Waals surface area contributed by atoms with Crippen molar-refractivity contribution in [2.24, 2.45) is 0 Å². The Morgan fingerprint density at radius 2 is 2.12 bits per heavy atom. The molecule has 0 aliphatic carbocycles. The Morgan fingerprint density at radius 1 is 1.29 bits per heavy atom. The molecule has 0 amide bonds. The summed E-state index contributed by atoms with van der Waals surface area (Å²) < 4.78 is 2.20. The van der Waals surface area contributed by atoms with E-state index >= 15 is 0 Å². The molecule has 17 heavy (non-hydrogen) atoms. The zero-order valence-electron chi connectivity index (χ0n) is 10.5. The minimum atomic E-state index is 0.829. The van der Waals surface area contributed by atoms with Gasteiger partial charge >= 0.3 is 0 Å².